The quantitative estimate of drug-likeness (QED) is 0.481. The first-order valence-electron chi connectivity index (χ1n) is 12.0. The Morgan fingerprint density at radius 3 is 2.58 bits per heavy atom. The number of hydrogen-bond acceptors (Lipinski definition) is 6. The van der Waals surface area contributed by atoms with Gasteiger partial charge >= 0.3 is 0 Å². The number of halogens is 1. The monoisotopic (exact) mass is 532 g/mol. The SMILES string of the molecule is NC(=O)[C@@H]1CC2(CC(c3cccc(NC(=O)COc4ccc(Cl)cc4)c3)=NO2)CN1C(=O)c1ccccc1. The molecule has 3 amide bonds. The first-order valence-corrected chi connectivity index (χ1v) is 12.4. The maximum Gasteiger partial charge on any atom is 0.262 e. The Morgan fingerprint density at radius 2 is 1.84 bits per heavy atom. The lowest BCUT2D eigenvalue weighted by molar-refractivity contribution is -0.122. The minimum atomic E-state index is -0.856. The Bertz CT molecular complexity index is 1400. The van der Waals surface area contributed by atoms with Crippen LogP contribution in [-0.4, -0.2) is 53.1 Å². The number of anilines is 1. The fraction of sp³-hybridized carbons (Fsp3) is 0.214. The molecule has 2 heterocycles. The number of carbonyl (C=O) groups is 3. The van der Waals surface area contributed by atoms with Gasteiger partial charge < -0.3 is 25.5 Å². The topological polar surface area (TPSA) is 123 Å². The van der Waals surface area contributed by atoms with Gasteiger partial charge in [0.05, 0.1) is 12.3 Å². The lowest BCUT2D eigenvalue weighted by atomic mass is 9.91. The zero-order valence-electron chi connectivity index (χ0n) is 20.3. The van der Waals surface area contributed by atoms with Gasteiger partial charge in [0, 0.05) is 34.7 Å². The van der Waals surface area contributed by atoms with Gasteiger partial charge in [0.2, 0.25) is 5.91 Å². The zero-order chi connectivity index (χ0) is 26.7. The highest BCUT2D eigenvalue weighted by Crippen LogP contribution is 2.39. The second-order valence-corrected chi connectivity index (χ2v) is 9.72. The van der Waals surface area contributed by atoms with E-state index in [2.05, 4.69) is 10.5 Å². The summed E-state index contributed by atoms with van der Waals surface area (Å²) >= 11 is 5.87. The lowest BCUT2D eigenvalue weighted by Gasteiger charge is -2.23. The van der Waals surface area contributed by atoms with Gasteiger partial charge in [-0.2, -0.15) is 0 Å². The van der Waals surface area contributed by atoms with E-state index in [1.54, 1.807) is 66.7 Å². The van der Waals surface area contributed by atoms with E-state index in [4.69, 9.17) is 26.9 Å². The summed E-state index contributed by atoms with van der Waals surface area (Å²) in [4.78, 5) is 45.1. The van der Waals surface area contributed by atoms with E-state index in [9.17, 15) is 14.4 Å². The number of hydrogen-bond donors (Lipinski definition) is 2. The van der Waals surface area contributed by atoms with Gasteiger partial charge in [0.1, 0.15) is 11.8 Å². The van der Waals surface area contributed by atoms with Crippen LogP contribution >= 0.6 is 11.6 Å². The highest BCUT2D eigenvalue weighted by molar-refractivity contribution is 6.30. The Kier molecular flexibility index (Phi) is 7.02. The summed E-state index contributed by atoms with van der Waals surface area (Å²) in [6.07, 6.45) is 0.624. The van der Waals surface area contributed by atoms with E-state index in [-0.39, 0.29) is 31.4 Å². The minimum absolute atomic E-state index is 0.168. The van der Waals surface area contributed by atoms with Crippen molar-refractivity contribution in [1.82, 2.24) is 4.90 Å². The van der Waals surface area contributed by atoms with Crippen LogP contribution in [0.5, 0.6) is 5.75 Å². The number of carbonyl (C=O) groups excluding carboxylic acids is 3. The van der Waals surface area contributed by atoms with Crippen molar-refractivity contribution in [3.63, 3.8) is 0 Å². The summed E-state index contributed by atoms with van der Waals surface area (Å²) in [6, 6.07) is 21.9. The van der Waals surface area contributed by atoms with Gasteiger partial charge in [0.25, 0.3) is 11.8 Å². The molecule has 0 aliphatic carbocycles. The molecule has 0 saturated carbocycles. The first-order chi connectivity index (χ1) is 18.3. The molecule has 3 aromatic carbocycles. The molecule has 2 aliphatic heterocycles. The molecule has 2 aliphatic rings. The summed E-state index contributed by atoms with van der Waals surface area (Å²) < 4.78 is 5.49. The fourth-order valence-corrected chi connectivity index (χ4v) is 4.81. The van der Waals surface area contributed by atoms with Gasteiger partial charge in [-0.05, 0) is 48.5 Å². The molecule has 1 spiro atoms. The molecule has 1 unspecified atom stereocenters. The third kappa shape index (κ3) is 5.47. The molecule has 5 rings (SSSR count). The number of ether oxygens (including phenoxy) is 1. The van der Waals surface area contributed by atoms with Crippen molar-refractivity contribution < 1.29 is 24.0 Å². The molecule has 10 heteroatoms. The molecule has 1 fully saturated rings. The Balaban J connectivity index is 1.23. The van der Waals surface area contributed by atoms with Crippen molar-refractivity contribution in [1.29, 1.82) is 0 Å². The van der Waals surface area contributed by atoms with Crippen LogP contribution in [0.3, 0.4) is 0 Å². The average molecular weight is 533 g/mol. The van der Waals surface area contributed by atoms with Gasteiger partial charge in [-0.1, -0.05) is 47.1 Å². The summed E-state index contributed by atoms with van der Waals surface area (Å²) in [6.45, 7) is 0.0125. The standard InChI is InChI=1S/C28H25ClN4O5/c29-20-9-11-22(12-10-20)37-16-25(34)31-21-8-4-7-19(13-21)23-14-28(38-32-23)15-24(26(30)35)33(17-28)27(36)18-5-2-1-3-6-18/h1-13,24H,14-17H2,(H2,30,35)(H,31,34)/t24-,28?/m0/s1. The van der Waals surface area contributed by atoms with E-state index in [1.165, 1.54) is 4.90 Å². The van der Waals surface area contributed by atoms with Crippen LogP contribution < -0.4 is 15.8 Å². The molecule has 0 bridgehead atoms. The van der Waals surface area contributed by atoms with Gasteiger partial charge in [0.15, 0.2) is 12.2 Å². The van der Waals surface area contributed by atoms with Gasteiger partial charge in [-0.3, -0.25) is 14.4 Å². The Morgan fingerprint density at radius 1 is 1.08 bits per heavy atom. The van der Waals surface area contributed by atoms with E-state index < -0.39 is 17.6 Å². The number of nitrogens with two attached hydrogens (primary N) is 1. The smallest absolute Gasteiger partial charge is 0.262 e. The normalized spacial score (nSPS) is 20.1. The number of amides is 3. The van der Waals surface area contributed by atoms with Crippen LogP contribution in [0.1, 0.15) is 28.8 Å². The van der Waals surface area contributed by atoms with Crippen LogP contribution in [-0.2, 0) is 14.4 Å². The molecular formula is C28H25ClN4O5. The van der Waals surface area contributed by atoms with Crippen molar-refractivity contribution in [2.75, 3.05) is 18.5 Å². The molecular weight excluding hydrogens is 508 g/mol. The zero-order valence-corrected chi connectivity index (χ0v) is 21.1. The molecule has 9 nitrogen and oxygen atoms in total. The lowest BCUT2D eigenvalue weighted by Crippen LogP contribution is -2.44. The number of benzene rings is 3. The highest BCUT2D eigenvalue weighted by Gasteiger charge is 2.53. The van der Waals surface area contributed by atoms with Crippen LogP contribution in [0, 0.1) is 0 Å². The Hall–Kier alpha value is -4.37. The average Bonchev–Trinajstić information content (AvgIpc) is 3.52. The number of rotatable bonds is 7. The summed E-state index contributed by atoms with van der Waals surface area (Å²) in [5, 5.41) is 7.67. The molecule has 3 aromatic rings. The maximum atomic E-state index is 13.1. The number of primary amides is 1. The predicted octanol–water partition coefficient (Wildman–Crippen LogP) is 3.62. The number of nitrogens with zero attached hydrogens (tertiary/aromatic N) is 2. The largest absolute Gasteiger partial charge is 0.484 e. The van der Waals surface area contributed by atoms with E-state index in [0.29, 0.717) is 34.2 Å². The van der Waals surface area contributed by atoms with Crippen molar-refractivity contribution in [3.8, 4) is 5.75 Å². The molecule has 3 N–H and O–H groups in total. The van der Waals surface area contributed by atoms with Crippen molar-refractivity contribution in [3.05, 3.63) is 95.0 Å². The van der Waals surface area contributed by atoms with Crippen molar-refractivity contribution in [2.24, 2.45) is 10.9 Å². The predicted molar refractivity (Wildman–Crippen MR) is 142 cm³/mol. The van der Waals surface area contributed by atoms with Crippen LogP contribution in [0.4, 0.5) is 5.69 Å². The Labute approximate surface area is 224 Å². The molecule has 38 heavy (non-hydrogen) atoms. The van der Waals surface area contributed by atoms with Crippen LogP contribution in [0.25, 0.3) is 0 Å². The number of likely N-dealkylation sites (tertiary alicyclic amines) is 1. The van der Waals surface area contributed by atoms with Crippen LogP contribution in [0.15, 0.2) is 84.0 Å². The van der Waals surface area contributed by atoms with Gasteiger partial charge in [-0.15, -0.1) is 0 Å². The molecule has 194 valence electrons. The molecule has 1 saturated heterocycles. The second kappa shape index (κ2) is 10.5. The minimum Gasteiger partial charge on any atom is -0.484 e. The van der Waals surface area contributed by atoms with Crippen molar-refractivity contribution >= 4 is 40.7 Å². The number of oxime groups is 1. The summed E-state index contributed by atoms with van der Waals surface area (Å²) in [5.74, 6) is -0.664. The molecule has 0 radical (unpaired) electrons. The van der Waals surface area contributed by atoms with Crippen molar-refractivity contribution in [2.45, 2.75) is 24.5 Å². The highest BCUT2D eigenvalue weighted by atomic mass is 35.5. The second-order valence-electron chi connectivity index (χ2n) is 9.28. The third-order valence-electron chi connectivity index (χ3n) is 6.51. The van der Waals surface area contributed by atoms with E-state index >= 15 is 0 Å². The first kappa shape index (κ1) is 25.3. The molecule has 2 atom stereocenters. The maximum absolute atomic E-state index is 13.1. The van der Waals surface area contributed by atoms with E-state index in [1.807, 2.05) is 12.1 Å². The summed E-state index contributed by atoms with van der Waals surface area (Å²) in [7, 11) is 0. The fourth-order valence-electron chi connectivity index (χ4n) is 4.69. The van der Waals surface area contributed by atoms with Crippen LogP contribution in [0.2, 0.25) is 5.02 Å². The third-order valence-corrected chi connectivity index (χ3v) is 6.76. The van der Waals surface area contributed by atoms with Gasteiger partial charge in [-0.25, -0.2) is 0 Å². The van der Waals surface area contributed by atoms with E-state index in [0.717, 1.165) is 5.56 Å². The number of nitrogens with one attached hydrogen (secondary N) is 1. The molecule has 0 aromatic heterocycles. The summed E-state index contributed by atoms with van der Waals surface area (Å²) in [5.41, 5.74) is 7.24.